The summed E-state index contributed by atoms with van der Waals surface area (Å²) in [6, 6.07) is 19.8. The number of nitrogens with one attached hydrogen (secondary N) is 2. The molecule has 2 heterocycles. The second-order valence-corrected chi connectivity index (χ2v) is 9.69. The Hall–Kier alpha value is -3.77. The molecule has 0 radical (unpaired) electrons. The van der Waals surface area contributed by atoms with E-state index in [1.54, 1.807) is 31.4 Å². The number of aromatic amines is 2. The molecular formula is C27H25IN4O5. The Morgan fingerprint density at radius 1 is 1.03 bits per heavy atom. The number of methoxy groups -OCH3 is 1. The maximum Gasteiger partial charge on any atom is 0.329 e. The summed E-state index contributed by atoms with van der Waals surface area (Å²) in [5.41, 5.74) is 3.03. The van der Waals surface area contributed by atoms with E-state index in [4.69, 9.17) is 19.6 Å². The number of imidazole rings is 2. The third-order valence-electron chi connectivity index (χ3n) is 6.08. The zero-order chi connectivity index (χ0) is 25.9. The van der Waals surface area contributed by atoms with Gasteiger partial charge in [-0.2, -0.15) is 0 Å². The van der Waals surface area contributed by atoms with Crippen LogP contribution in [0.1, 0.15) is 17.4 Å². The summed E-state index contributed by atoms with van der Waals surface area (Å²) < 4.78 is 13.1. The minimum atomic E-state index is -0.608. The molecule has 10 heteroatoms. The number of H-pyrrole nitrogens is 2. The molecule has 0 spiro atoms. The normalized spacial score (nSPS) is 12.1. The molecule has 0 fully saturated rings. The molecule has 3 aromatic carbocycles. The highest BCUT2D eigenvalue weighted by Gasteiger charge is 2.26. The van der Waals surface area contributed by atoms with Gasteiger partial charge in [-0.25, -0.2) is 9.78 Å². The van der Waals surface area contributed by atoms with Crippen molar-refractivity contribution < 1.29 is 19.7 Å². The number of aliphatic hydroxyl groups is 1. The van der Waals surface area contributed by atoms with Crippen LogP contribution in [0.2, 0.25) is 0 Å². The van der Waals surface area contributed by atoms with Crippen LogP contribution >= 0.6 is 22.6 Å². The lowest BCUT2D eigenvalue weighted by Crippen LogP contribution is -2.25. The number of ether oxygens (including phenoxy) is 2. The third-order valence-corrected chi connectivity index (χ3v) is 6.75. The number of aliphatic hydroxyl groups excluding tert-OH is 1. The number of halogens is 1. The SMILES string of the molecule is COc1ccc(C[C@H](c2nc3ccc(I)cc3[nH]2)n2c(O)c(-c3ccc(OCCO)cc3)[nH]c2=O)cc1. The topological polar surface area (TPSA) is 125 Å². The van der Waals surface area contributed by atoms with Crippen molar-refractivity contribution in [1.82, 2.24) is 19.5 Å². The average Bonchev–Trinajstić information content (AvgIpc) is 3.46. The highest BCUT2D eigenvalue weighted by molar-refractivity contribution is 14.1. The number of hydrogen-bond acceptors (Lipinski definition) is 6. The van der Waals surface area contributed by atoms with E-state index in [0.717, 1.165) is 25.9 Å². The molecule has 0 unspecified atom stereocenters. The largest absolute Gasteiger partial charge is 0.497 e. The van der Waals surface area contributed by atoms with Crippen molar-refractivity contribution in [3.05, 3.63) is 92.2 Å². The number of nitrogens with zero attached hydrogens (tertiary/aromatic N) is 2. The van der Waals surface area contributed by atoms with Crippen molar-refractivity contribution in [3.8, 4) is 28.6 Å². The van der Waals surface area contributed by atoms with E-state index in [1.165, 1.54) is 4.57 Å². The quantitative estimate of drug-likeness (QED) is 0.185. The van der Waals surface area contributed by atoms with Crippen molar-refractivity contribution in [2.75, 3.05) is 20.3 Å². The summed E-state index contributed by atoms with van der Waals surface area (Å²) in [6.45, 7) is 0.0939. The van der Waals surface area contributed by atoms with Gasteiger partial charge < -0.3 is 29.7 Å². The zero-order valence-electron chi connectivity index (χ0n) is 19.9. The van der Waals surface area contributed by atoms with Crippen molar-refractivity contribution in [2.24, 2.45) is 0 Å². The van der Waals surface area contributed by atoms with Crippen LogP contribution < -0.4 is 15.2 Å². The Labute approximate surface area is 225 Å². The van der Waals surface area contributed by atoms with Gasteiger partial charge in [0.1, 0.15) is 35.7 Å². The monoisotopic (exact) mass is 612 g/mol. The predicted molar refractivity (Wildman–Crippen MR) is 148 cm³/mol. The van der Waals surface area contributed by atoms with E-state index in [0.29, 0.717) is 29.3 Å². The number of benzene rings is 3. The molecule has 37 heavy (non-hydrogen) atoms. The van der Waals surface area contributed by atoms with E-state index < -0.39 is 11.7 Å². The number of rotatable bonds is 9. The van der Waals surface area contributed by atoms with Gasteiger partial charge in [-0.05, 0) is 82.8 Å². The molecule has 1 atom stereocenters. The van der Waals surface area contributed by atoms with Gasteiger partial charge in [-0.3, -0.25) is 4.57 Å². The molecule has 5 aromatic rings. The molecule has 190 valence electrons. The molecular weight excluding hydrogens is 587 g/mol. The number of aromatic nitrogens is 4. The number of hydrogen-bond donors (Lipinski definition) is 4. The van der Waals surface area contributed by atoms with Gasteiger partial charge in [0.15, 0.2) is 0 Å². The van der Waals surface area contributed by atoms with Crippen LogP contribution in [0.15, 0.2) is 71.5 Å². The van der Waals surface area contributed by atoms with Gasteiger partial charge in [-0.15, -0.1) is 0 Å². The lowest BCUT2D eigenvalue weighted by atomic mass is 10.0. The smallest absolute Gasteiger partial charge is 0.329 e. The third kappa shape index (κ3) is 5.20. The maximum atomic E-state index is 13.2. The van der Waals surface area contributed by atoms with Crippen molar-refractivity contribution in [2.45, 2.75) is 12.5 Å². The Bertz CT molecular complexity index is 1570. The summed E-state index contributed by atoms with van der Waals surface area (Å²) in [5, 5.41) is 20.2. The van der Waals surface area contributed by atoms with Crippen LogP contribution in [0, 0.1) is 3.57 Å². The van der Waals surface area contributed by atoms with Gasteiger partial charge in [0.25, 0.3) is 0 Å². The Balaban J connectivity index is 1.57. The summed E-state index contributed by atoms with van der Waals surface area (Å²) in [4.78, 5) is 24.2. The van der Waals surface area contributed by atoms with Crippen LogP contribution in [-0.4, -0.2) is 50.1 Å². The molecule has 0 saturated heterocycles. The predicted octanol–water partition coefficient (Wildman–Crippen LogP) is 4.24. The van der Waals surface area contributed by atoms with E-state index in [2.05, 4.69) is 32.6 Å². The first-order chi connectivity index (χ1) is 18.0. The van der Waals surface area contributed by atoms with Gasteiger partial charge in [0.05, 0.1) is 24.8 Å². The van der Waals surface area contributed by atoms with Crippen molar-refractivity contribution in [3.63, 3.8) is 0 Å². The van der Waals surface area contributed by atoms with E-state index in [-0.39, 0.29) is 19.1 Å². The van der Waals surface area contributed by atoms with Crippen LogP contribution in [0.25, 0.3) is 22.3 Å². The van der Waals surface area contributed by atoms with Crippen molar-refractivity contribution in [1.29, 1.82) is 0 Å². The molecule has 0 aliphatic carbocycles. The lowest BCUT2D eigenvalue weighted by molar-refractivity contribution is 0.201. The second kappa shape index (κ2) is 10.7. The Morgan fingerprint density at radius 3 is 2.46 bits per heavy atom. The van der Waals surface area contributed by atoms with Gasteiger partial charge in [0, 0.05) is 15.6 Å². The number of aromatic hydroxyl groups is 1. The van der Waals surface area contributed by atoms with Crippen LogP contribution in [0.5, 0.6) is 17.4 Å². The molecule has 0 aliphatic heterocycles. The molecule has 0 bridgehead atoms. The van der Waals surface area contributed by atoms with Crippen LogP contribution in [-0.2, 0) is 6.42 Å². The molecule has 0 saturated carbocycles. The van der Waals surface area contributed by atoms with Crippen LogP contribution in [0.4, 0.5) is 0 Å². The van der Waals surface area contributed by atoms with Gasteiger partial charge in [-0.1, -0.05) is 12.1 Å². The Kier molecular flexibility index (Phi) is 7.19. The van der Waals surface area contributed by atoms with E-state index in [9.17, 15) is 9.90 Å². The second-order valence-electron chi connectivity index (χ2n) is 8.45. The number of fused-ring (bicyclic) bond motifs is 1. The first-order valence-corrected chi connectivity index (χ1v) is 12.7. The van der Waals surface area contributed by atoms with E-state index >= 15 is 0 Å². The lowest BCUT2D eigenvalue weighted by Gasteiger charge is -2.17. The fraction of sp³-hybridized carbons (Fsp3) is 0.185. The van der Waals surface area contributed by atoms with E-state index in [1.807, 2.05) is 42.5 Å². The molecule has 9 nitrogen and oxygen atoms in total. The standard InChI is InChI=1S/C27H25IN4O5/c1-36-19-7-2-16(3-8-19)14-23(25-29-21-11-6-18(28)15-22(21)30-25)32-26(34)24(31-27(32)35)17-4-9-20(10-5-17)37-13-12-33/h2-11,15,23,33-34H,12-14H2,1H3,(H,29,30)(H,31,35)/t23-/m1/s1. The first kappa shape index (κ1) is 24.9. The minimum Gasteiger partial charge on any atom is -0.497 e. The van der Waals surface area contributed by atoms with Gasteiger partial charge in [0.2, 0.25) is 5.88 Å². The summed E-state index contributed by atoms with van der Waals surface area (Å²) in [7, 11) is 1.61. The van der Waals surface area contributed by atoms with Gasteiger partial charge >= 0.3 is 5.69 Å². The van der Waals surface area contributed by atoms with Crippen molar-refractivity contribution >= 4 is 33.6 Å². The fourth-order valence-electron chi connectivity index (χ4n) is 4.27. The Morgan fingerprint density at radius 2 is 1.76 bits per heavy atom. The van der Waals surface area contributed by atoms with Crippen LogP contribution in [0.3, 0.4) is 0 Å². The summed E-state index contributed by atoms with van der Waals surface area (Å²) in [5.74, 6) is 1.67. The highest BCUT2D eigenvalue weighted by atomic mass is 127. The molecule has 4 N–H and O–H groups in total. The first-order valence-electron chi connectivity index (χ1n) is 11.6. The minimum absolute atomic E-state index is 0.0881. The highest BCUT2D eigenvalue weighted by Crippen LogP contribution is 2.33. The molecule has 0 aliphatic rings. The molecule has 5 rings (SSSR count). The summed E-state index contributed by atoms with van der Waals surface area (Å²) in [6.07, 6.45) is 0.402. The zero-order valence-corrected chi connectivity index (χ0v) is 22.1. The maximum absolute atomic E-state index is 13.2. The fourth-order valence-corrected chi connectivity index (χ4v) is 4.76. The molecule has 0 amide bonds. The molecule has 2 aromatic heterocycles. The summed E-state index contributed by atoms with van der Waals surface area (Å²) >= 11 is 2.24. The average molecular weight is 612 g/mol.